The van der Waals surface area contributed by atoms with Crippen LogP contribution in [0.5, 0.6) is 0 Å². The number of fused-ring (bicyclic) bond motifs is 1. The first-order valence-corrected chi connectivity index (χ1v) is 8.27. The average Bonchev–Trinajstić information content (AvgIpc) is 2.88. The van der Waals surface area contributed by atoms with Crippen molar-refractivity contribution in [3.8, 4) is 0 Å². The molecule has 0 bridgehead atoms. The van der Waals surface area contributed by atoms with E-state index >= 15 is 0 Å². The summed E-state index contributed by atoms with van der Waals surface area (Å²) in [5, 5.41) is 2.07. The Kier molecular flexibility index (Phi) is 5.29. The molecule has 27 heavy (non-hydrogen) atoms. The van der Waals surface area contributed by atoms with Crippen LogP contribution in [0.3, 0.4) is 0 Å². The van der Waals surface area contributed by atoms with Gasteiger partial charge in [0.1, 0.15) is 18.2 Å². The first-order valence-electron chi connectivity index (χ1n) is 8.27. The molecule has 3 amide bonds. The van der Waals surface area contributed by atoms with Crippen molar-refractivity contribution in [2.45, 2.75) is 12.8 Å². The normalized spacial score (nSPS) is 21.2. The third-order valence-corrected chi connectivity index (χ3v) is 4.45. The Bertz CT molecular complexity index is 813. The Balaban J connectivity index is 1.51. The van der Waals surface area contributed by atoms with Gasteiger partial charge in [0.05, 0.1) is 17.5 Å². The summed E-state index contributed by atoms with van der Waals surface area (Å²) in [6.07, 6.45) is 4.54. The van der Waals surface area contributed by atoms with E-state index < -0.39 is 66.0 Å². The van der Waals surface area contributed by atoms with Crippen LogP contribution in [-0.4, -0.2) is 41.7 Å². The molecule has 0 radical (unpaired) electrons. The molecular weight excluding hydrogens is 362 g/mol. The van der Waals surface area contributed by atoms with Gasteiger partial charge in [0, 0.05) is 6.07 Å². The van der Waals surface area contributed by atoms with Crippen molar-refractivity contribution in [2.75, 3.05) is 18.5 Å². The van der Waals surface area contributed by atoms with Crippen molar-refractivity contribution in [1.82, 2.24) is 4.90 Å². The summed E-state index contributed by atoms with van der Waals surface area (Å²) in [5.74, 6) is -5.21. The minimum atomic E-state index is -0.946. The molecule has 0 saturated carbocycles. The second kappa shape index (κ2) is 7.65. The van der Waals surface area contributed by atoms with E-state index in [1.807, 2.05) is 12.2 Å². The van der Waals surface area contributed by atoms with Gasteiger partial charge < -0.3 is 10.1 Å². The summed E-state index contributed by atoms with van der Waals surface area (Å²) in [5.41, 5.74) is -0.391. The van der Waals surface area contributed by atoms with Crippen LogP contribution in [-0.2, 0) is 23.9 Å². The maximum absolute atomic E-state index is 13.5. The largest absolute Gasteiger partial charge is 0.454 e. The van der Waals surface area contributed by atoms with Crippen LogP contribution in [0.1, 0.15) is 12.8 Å². The number of halogens is 2. The zero-order valence-electron chi connectivity index (χ0n) is 14.1. The summed E-state index contributed by atoms with van der Waals surface area (Å²) in [4.78, 5) is 48.9. The fraction of sp³-hybridized carbons (Fsp3) is 0.333. The van der Waals surface area contributed by atoms with Crippen LogP contribution >= 0.6 is 0 Å². The molecule has 7 nitrogen and oxygen atoms in total. The quantitative estimate of drug-likeness (QED) is 0.475. The number of nitrogens with one attached hydrogen (secondary N) is 1. The lowest BCUT2D eigenvalue weighted by atomic mass is 9.85. The number of anilines is 1. The molecule has 1 aliphatic carbocycles. The predicted molar refractivity (Wildman–Crippen MR) is 88.0 cm³/mol. The number of rotatable bonds is 5. The standard InChI is InChI=1S/C18H16F2N2O5/c19-10-5-6-13(20)14(7-10)21-15(23)9-27-16(24)8-22-17(25)11-3-1-2-4-12(11)18(22)26/h1-2,5-7,11-12H,3-4,8-9H2,(H,21,23)/t11-,12-/m1/s1. The zero-order chi connectivity index (χ0) is 19.6. The SMILES string of the molecule is O=C(COC(=O)CN1C(=O)[C@@H]2CC=CC[C@H]2C1=O)Nc1cc(F)ccc1F. The molecule has 2 atom stereocenters. The predicted octanol–water partition coefficient (Wildman–Crippen LogP) is 1.40. The second-order valence-electron chi connectivity index (χ2n) is 6.25. The number of amides is 3. The number of ether oxygens (including phenoxy) is 1. The smallest absolute Gasteiger partial charge is 0.326 e. The first kappa shape index (κ1) is 18.7. The molecule has 3 rings (SSSR count). The zero-order valence-corrected chi connectivity index (χ0v) is 14.1. The lowest BCUT2D eigenvalue weighted by Gasteiger charge is -2.14. The number of carbonyl (C=O) groups excluding carboxylic acids is 4. The van der Waals surface area contributed by atoms with E-state index in [2.05, 4.69) is 5.32 Å². The lowest BCUT2D eigenvalue weighted by Crippen LogP contribution is -2.37. The number of nitrogens with zero attached hydrogens (tertiary/aromatic N) is 1. The molecule has 9 heteroatoms. The molecule has 1 aliphatic heterocycles. The molecule has 1 heterocycles. The topological polar surface area (TPSA) is 92.8 Å². The van der Waals surface area contributed by atoms with Gasteiger partial charge in [0.2, 0.25) is 11.8 Å². The van der Waals surface area contributed by atoms with Crippen molar-refractivity contribution in [2.24, 2.45) is 11.8 Å². The number of benzene rings is 1. The van der Waals surface area contributed by atoms with Crippen LogP contribution in [0, 0.1) is 23.5 Å². The Morgan fingerprint density at radius 3 is 2.37 bits per heavy atom. The van der Waals surface area contributed by atoms with Gasteiger partial charge in [-0.05, 0) is 25.0 Å². The number of imide groups is 1. The molecule has 0 aromatic heterocycles. The second-order valence-corrected chi connectivity index (χ2v) is 6.25. The Morgan fingerprint density at radius 1 is 1.11 bits per heavy atom. The van der Waals surface area contributed by atoms with Gasteiger partial charge in [-0.3, -0.25) is 24.1 Å². The van der Waals surface area contributed by atoms with E-state index in [9.17, 15) is 28.0 Å². The Hall–Kier alpha value is -3.10. The molecule has 1 N–H and O–H groups in total. The van der Waals surface area contributed by atoms with Gasteiger partial charge in [-0.2, -0.15) is 0 Å². The summed E-state index contributed by atoms with van der Waals surface area (Å²) >= 11 is 0. The van der Waals surface area contributed by atoms with Gasteiger partial charge in [0.15, 0.2) is 6.61 Å². The molecule has 1 saturated heterocycles. The number of hydrogen-bond acceptors (Lipinski definition) is 5. The van der Waals surface area contributed by atoms with E-state index in [0.717, 1.165) is 23.1 Å². The van der Waals surface area contributed by atoms with Gasteiger partial charge in [0.25, 0.3) is 5.91 Å². The van der Waals surface area contributed by atoms with Crippen molar-refractivity contribution in [1.29, 1.82) is 0 Å². The number of likely N-dealkylation sites (tertiary alicyclic amines) is 1. The summed E-state index contributed by atoms with van der Waals surface area (Å²) < 4.78 is 31.2. The molecule has 0 unspecified atom stereocenters. The summed E-state index contributed by atoms with van der Waals surface area (Å²) in [6, 6.07) is 2.52. The highest BCUT2D eigenvalue weighted by molar-refractivity contribution is 6.07. The lowest BCUT2D eigenvalue weighted by molar-refractivity contribution is -0.154. The molecule has 0 spiro atoms. The van der Waals surface area contributed by atoms with E-state index in [1.165, 1.54) is 0 Å². The van der Waals surface area contributed by atoms with Crippen LogP contribution < -0.4 is 5.32 Å². The minimum Gasteiger partial charge on any atom is -0.454 e. The fourth-order valence-corrected chi connectivity index (χ4v) is 3.13. The maximum Gasteiger partial charge on any atom is 0.326 e. The van der Waals surface area contributed by atoms with Gasteiger partial charge in [-0.1, -0.05) is 12.2 Å². The van der Waals surface area contributed by atoms with Gasteiger partial charge in [-0.15, -0.1) is 0 Å². The minimum absolute atomic E-state index is 0.391. The highest BCUT2D eigenvalue weighted by atomic mass is 19.1. The van der Waals surface area contributed by atoms with Crippen LogP contribution in [0.2, 0.25) is 0 Å². The molecule has 142 valence electrons. The van der Waals surface area contributed by atoms with E-state index in [0.29, 0.717) is 12.8 Å². The third kappa shape index (κ3) is 4.02. The highest BCUT2D eigenvalue weighted by Crippen LogP contribution is 2.34. The third-order valence-electron chi connectivity index (χ3n) is 4.45. The maximum atomic E-state index is 13.5. The molecule has 1 aromatic rings. The van der Waals surface area contributed by atoms with Crippen LogP contribution in [0.4, 0.5) is 14.5 Å². The van der Waals surface area contributed by atoms with Gasteiger partial charge in [-0.25, -0.2) is 8.78 Å². The monoisotopic (exact) mass is 378 g/mol. The van der Waals surface area contributed by atoms with Crippen LogP contribution in [0.25, 0.3) is 0 Å². The fourth-order valence-electron chi connectivity index (χ4n) is 3.13. The number of carbonyl (C=O) groups is 4. The van der Waals surface area contributed by atoms with E-state index in [-0.39, 0.29) is 0 Å². The summed E-state index contributed by atoms with van der Waals surface area (Å²) in [6.45, 7) is -1.36. The van der Waals surface area contributed by atoms with Crippen LogP contribution in [0.15, 0.2) is 30.4 Å². The average molecular weight is 378 g/mol. The van der Waals surface area contributed by atoms with Crippen molar-refractivity contribution in [3.05, 3.63) is 42.0 Å². The number of hydrogen-bond donors (Lipinski definition) is 1. The Morgan fingerprint density at radius 2 is 1.74 bits per heavy atom. The van der Waals surface area contributed by atoms with Gasteiger partial charge >= 0.3 is 5.97 Å². The molecule has 1 aromatic carbocycles. The van der Waals surface area contributed by atoms with Crippen molar-refractivity contribution < 1.29 is 32.7 Å². The van der Waals surface area contributed by atoms with Crippen molar-refractivity contribution in [3.63, 3.8) is 0 Å². The van der Waals surface area contributed by atoms with E-state index in [1.54, 1.807) is 0 Å². The molecule has 1 fully saturated rings. The number of esters is 1. The molecule has 2 aliphatic rings. The first-order chi connectivity index (χ1) is 12.9. The molecular formula is C18H16F2N2O5. The van der Waals surface area contributed by atoms with Crippen molar-refractivity contribution >= 4 is 29.4 Å². The highest BCUT2D eigenvalue weighted by Gasteiger charge is 2.47. The Labute approximate surface area is 153 Å². The van der Waals surface area contributed by atoms with E-state index in [4.69, 9.17) is 4.74 Å². The summed E-state index contributed by atoms with van der Waals surface area (Å²) in [7, 11) is 0. The number of allylic oxidation sites excluding steroid dienone is 2.